The molecule has 1 aromatic rings. The molecule has 2 rings (SSSR count). The summed E-state index contributed by atoms with van der Waals surface area (Å²) in [6, 6.07) is 6.01. The first-order valence-electron chi connectivity index (χ1n) is 7.65. The Morgan fingerprint density at radius 3 is 2.55 bits per heavy atom. The summed E-state index contributed by atoms with van der Waals surface area (Å²) in [5.74, 6) is 0.873. The van der Waals surface area contributed by atoms with E-state index in [0.717, 1.165) is 35.7 Å². The Morgan fingerprint density at radius 1 is 1.20 bits per heavy atom. The van der Waals surface area contributed by atoms with Gasteiger partial charge in [0.15, 0.2) is 0 Å². The lowest BCUT2D eigenvalue weighted by Gasteiger charge is -2.26. The maximum atomic E-state index is 6.35. The number of rotatable bonds is 4. The second-order valence-corrected chi connectivity index (χ2v) is 7.12. The van der Waals surface area contributed by atoms with Crippen LogP contribution in [0.5, 0.6) is 5.75 Å². The molecule has 0 unspecified atom stereocenters. The summed E-state index contributed by atoms with van der Waals surface area (Å²) in [6.07, 6.45) is 6.50. The molecule has 1 saturated carbocycles. The van der Waals surface area contributed by atoms with E-state index in [-0.39, 0.29) is 5.54 Å². The van der Waals surface area contributed by atoms with Gasteiger partial charge in [-0.15, -0.1) is 0 Å². The molecule has 0 atom stereocenters. The van der Waals surface area contributed by atoms with E-state index in [0.29, 0.717) is 6.10 Å². The monoisotopic (exact) mass is 295 g/mol. The molecule has 1 fully saturated rings. The maximum Gasteiger partial charge on any atom is 0.142 e. The van der Waals surface area contributed by atoms with E-state index in [4.69, 9.17) is 16.3 Å². The quantitative estimate of drug-likeness (QED) is 0.849. The third kappa shape index (κ3) is 4.68. The zero-order valence-corrected chi connectivity index (χ0v) is 13.6. The molecule has 20 heavy (non-hydrogen) atoms. The molecule has 0 aromatic heterocycles. The van der Waals surface area contributed by atoms with Gasteiger partial charge in [0.2, 0.25) is 0 Å². The lowest BCUT2D eigenvalue weighted by molar-refractivity contribution is 0.153. The van der Waals surface area contributed by atoms with Gasteiger partial charge in [0.25, 0.3) is 0 Å². The number of nitrogens with one attached hydrogen (secondary N) is 1. The van der Waals surface area contributed by atoms with Crippen molar-refractivity contribution in [2.24, 2.45) is 0 Å². The van der Waals surface area contributed by atoms with Gasteiger partial charge >= 0.3 is 0 Å². The number of ether oxygens (including phenoxy) is 1. The average molecular weight is 296 g/mol. The zero-order valence-electron chi connectivity index (χ0n) is 12.8. The van der Waals surface area contributed by atoms with Crippen LogP contribution in [-0.2, 0) is 6.54 Å². The van der Waals surface area contributed by atoms with E-state index in [1.54, 1.807) is 0 Å². The predicted molar refractivity (Wildman–Crippen MR) is 85.5 cm³/mol. The molecular formula is C17H26ClNO. The molecule has 0 heterocycles. The van der Waals surface area contributed by atoms with Gasteiger partial charge in [-0.1, -0.05) is 30.2 Å². The van der Waals surface area contributed by atoms with Crippen molar-refractivity contribution in [3.05, 3.63) is 28.8 Å². The van der Waals surface area contributed by atoms with Crippen molar-refractivity contribution in [2.75, 3.05) is 0 Å². The van der Waals surface area contributed by atoms with E-state index in [1.165, 1.54) is 19.3 Å². The fourth-order valence-corrected chi connectivity index (χ4v) is 2.77. The van der Waals surface area contributed by atoms with Crippen molar-refractivity contribution < 1.29 is 4.74 Å². The standard InChI is InChI=1S/C17H26ClNO/c1-17(2,3)19-12-13-8-7-11-15(18)16(13)20-14-9-5-4-6-10-14/h7-8,11,14,19H,4-6,9-10,12H2,1-3H3. The number of benzene rings is 1. The first-order chi connectivity index (χ1) is 9.46. The highest BCUT2D eigenvalue weighted by molar-refractivity contribution is 6.32. The van der Waals surface area contributed by atoms with Crippen LogP contribution in [0.2, 0.25) is 5.02 Å². The topological polar surface area (TPSA) is 21.3 Å². The molecule has 3 heteroatoms. The summed E-state index contributed by atoms with van der Waals surface area (Å²) in [7, 11) is 0. The smallest absolute Gasteiger partial charge is 0.142 e. The van der Waals surface area contributed by atoms with E-state index in [9.17, 15) is 0 Å². The molecule has 112 valence electrons. The molecule has 1 aliphatic rings. The molecule has 0 aliphatic heterocycles. The second kappa shape index (κ2) is 6.82. The van der Waals surface area contributed by atoms with Crippen molar-refractivity contribution in [3.8, 4) is 5.75 Å². The van der Waals surface area contributed by atoms with Crippen LogP contribution in [0.1, 0.15) is 58.4 Å². The first-order valence-corrected chi connectivity index (χ1v) is 8.02. The van der Waals surface area contributed by atoms with E-state index in [1.807, 2.05) is 12.1 Å². The molecule has 0 spiro atoms. The number of halogens is 1. The molecular weight excluding hydrogens is 270 g/mol. The van der Waals surface area contributed by atoms with Gasteiger partial charge in [-0.05, 0) is 52.5 Å². The molecule has 0 radical (unpaired) electrons. The molecule has 0 bridgehead atoms. The normalized spacial score (nSPS) is 17.2. The highest BCUT2D eigenvalue weighted by Gasteiger charge is 2.19. The Bertz CT molecular complexity index is 433. The van der Waals surface area contributed by atoms with Crippen LogP contribution in [0.15, 0.2) is 18.2 Å². The molecule has 0 amide bonds. The molecule has 1 N–H and O–H groups in total. The number of para-hydroxylation sites is 1. The summed E-state index contributed by atoms with van der Waals surface area (Å²) in [5.41, 5.74) is 1.24. The Balaban J connectivity index is 2.09. The SMILES string of the molecule is CC(C)(C)NCc1cccc(Cl)c1OC1CCCCC1. The fraction of sp³-hybridized carbons (Fsp3) is 0.647. The highest BCUT2D eigenvalue weighted by atomic mass is 35.5. The molecule has 2 nitrogen and oxygen atoms in total. The van der Waals surface area contributed by atoms with Crippen molar-refractivity contribution in [1.82, 2.24) is 5.32 Å². The van der Waals surface area contributed by atoms with Crippen LogP contribution in [0.4, 0.5) is 0 Å². The third-order valence-electron chi connectivity index (χ3n) is 3.69. The van der Waals surface area contributed by atoms with Gasteiger partial charge in [-0.25, -0.2) is 0 Å². The third-order valence-corrected chi connectivity index (χ3v) is 3.99. The van der Waals surface area contributed by atoms with Crippen LogP contribution < -0.4 is 10.1 Å². The summed E-state index contributed by atoms with van der Waals surface area (Å²) >= 11 is 6.35. The van der Waals surface area contributed by atoms with Gasteiger partial charge < -0.3 is 10.1 Å². The zero-order chi connectivity index (χ0) is 14.6. The minimum Gasteiger partial charge on any atom is -0.489 e. The Hall–Kier alpha value is -0.730. The lowest BCUT2D eigenvalue weighted by Crippen LogP contribution is -2.35. The first kappa shape index (κ1) is 15.7. The second-order valence-electron chi connectivity index (χ2n) is 6.71. The largest absolute Gasteiger partial charge is 0.489 e. The van der Waals surface area contributed by atoms with Crippen LogP contribution in [0, 0.1) is 0 Å². The van der Waals surface area contributed by atoms with E-state index >= 15 is 0 Å². The van der Waals surface area contributed by atoms with Gasteiger partial charge in [0.05, 0.1) is 11.1 Å². The minimum atomic E-state index is 0.0877. The maximum absolute atomic E-state index is 6.35. The van der Waals surface area contributed by atoms with Crippen LogP contribution in [0.25, 0.3) is 0 Å². The van der Waals surface area contributed by atoms with Gasteiger partial charge in [-0.3, -0.25) is 0 Å². The predicted octanol–water partition coefficient (Wildman–Crippen LogP) is 4.94. The van der Waals surface area contributed by atoms with E-state index < -0.39 is 0 Å². The Labute approximate surface area is 127 Å². The lowest BCUT2D eigenvalue weighted by atomic mass is 9.97. The van der Waals surface area contributed by atoms with Gasteiger partial charge in [-0.2, -0.15) is 0 Å². The molecule has 1 aliphatic carbocycles. The van der Waals surface area contributed by atoms with Crippen molar-refractivity contribution in [2.45, 2.75) is 71.1 Å². The Morgan fingerprint density at radius 2 is 1.90 bits per heavy atom. The van der Waals surface area contributed by atoms with Gasteiger partial charge in [0.1, 0.15) is 5.75 Å². The summed E-state index contributed by atoms with van der Waals surface area (Å²) in [4.78, 5) is 0. The summed E-state index contributed by atoms with van der Waals surface area (Å²) in [6.45, 7) is 7.28. The minimum absolute atomic E-state index is 0.0877. The highest BCUT2D eigenvalue weighted by Crippen LogP contribution is 2.32. The van der Waals surface area contributed by atoms with Crippen molar-refractivity contribution >= 4 is 11.6 Å². The van der Waals surface area contributed by atoms with Gasteiger partial charge in [0, 0.05) is 17.6 Å². The molecule has 1 aromatic carbocycles. The van der Waals surface area contributed by atoms with Crippen LogP contribution in [0.3, 0.4) is 0 Å². The summed E-state index contributed by atoms with van der Waals surface area (Å²) < 4.78 is 6.21. The molecule has 0 saturated heterocycles. The number of hydrogen-bond acceptors (Lipinski definition) is 2. The van der Waals surface area contributed by atoms with E-state index in [2.05, 4.69) is 32.2 Å². The van der Waals surface area contributed by atoms with Crippen LogP contribution >= 0.6 is 11.6 Å². The summed E-state index contributed by atoms with van der Waals surface area (Å²) in [5, 5.41) is 4.23. The van der Waals surface area contributed by atoms with Crippen LogP contribution in [-0.4, -0.2) is 11.6 Å². The Kier molecular flexibility index (Phi) is 5.34. The van der Waals surface area contributed by atoms with Crippen molar-refractivity contribution in [3.63, 3.8) is 0 Å². The number of hydrogen-bond donors (Lipinski definition) is 1. The average Bonchev–Trinajstić information content (AvgIpc) is 2.40. The van der Waals surface area contributed by atoms with Crippen molar-refractivity contribution in [1.29, 1.82) is 0 Å². The fourth-order valence-electron chi connectivity index (χ4n) is 2.53.